The van der Waals surface area contributed by atoms with Gasteiger partial charge >= 0.3 is 0 Å². The van der Waals surface area contributed by atoms with Crippen molar-refractivity contribution in [2.45, 2.75) is 17.6 Å². The van der Waals surface area contributed by atoms with E-state index in [2.05, 4.69) is 9.97 Å². The summed E-state index contributed by atoms with van der Waals surface area (Å²) >= 11 is 6.07. The van der Waals surface area contributed by atoms with Crippen molar-refractivity contribution < 1.29 is 13.3 Å². The summed E-state index contributed by atoms with van der Waals surface area (Å²) in [6.45, 7) is 1.86. The van der Waals surface area contributed by atoms with Gasteiger partial charge in [0, 0.05) is 17.5 Å². The standard InChI is InChI=1S/C16H12ClN3O4S/c1-10-2-5-12(6-3-10)25(23,24)9-15-18-14-7-4-11(20(21)22)8-13(14)16(17)19-15/h2-8H,9H2,1H3. The van der Waals surface area contributed by atoms with E-state index in [1.807, 2.05) is 6.92 Å². The van der Waals surface area contributed by atoms with Crippen molar-refractivity contribution in [1.82, 2.24) is 9.97 Å². The van der Waals surface area contributed by atoms with E-state index in [0.717, 1.165) is 5.56 Å². The molecule has 0 bridgehead atoms. The number of hydrogen-bond acceptors (Lipinski definition) is 6. The molecule has 0 N–H and O–H groups in total. The van der Waals surface area contributed by atoms with Gasteiger partial charge in [-0.3, -0.25) is 10.1 Å². The van der Waals surface area contributed by atoms with Crippen LogP contribution in [0.5, 0.6) is 0 Å². The molecule has 0 fully saturated rings. The maximum Gasteiger partial charge on any atom is 0.270 e. The molecular weight excluding hydrogens is 366 g/mol. The lowest BCUT2D eigenvalue weighted by Gasteiger charge is -2.06. The number of nitro benzene ring substituents is 1. The zero-order chi connectivity index (χ0) is 18.2. The number of halogens is 1. The van der Waals surface area contributed by atoms with E-state index < -0.39 is 20.5 Å². The first-order valence-corrected chi connectivity index (χ1v) is 9.19. The third-order valence-corrected chi connectivity index (χ3v) is 5.51. The molecule has 2 aromatic carbocycles. The van der Waals surface area contributed by atoms with Crippen molar-refractivity contribution in [1.29, 1.82) is 0 Å². The van der Waals surface area contributed by atoms with Crippen molar-refractivity contribution in [2.75, 3.05) is 0 Å². The molecule has 0 amide bonds. The summed E-state index contributed by atoms with van der Waals surface area (Å²) in [5, 5.41) is 11.1. The van der Waals surface area contributed by atoms with Crippen molar-refractivity contribution in [3.05, 3.63) is 69.1 Å². The van der Waals surface area contributed by atoms with E-state index in [9.17, 15) is 18.5 Å². The lowest BCUT2D eigenvalue weighted by atomic mass is 10.2. The molecule has 1 aromatic heterocycles. The molecule has 0 saturated heterocycles. The van der Waals surface area contributed by atoms with Crippen LogP contribution in [0, 0.1) is 17.0 Å². The number of sulfone groups is 1. The molecule has 0 aliphatic heterocycles. The zero-order valence-electron chi connectivity index (χ0n) is 13.0. The maximum atomic E-state index is 12.5. The van der Waals surface area contributed by atoms with Gasteiger partial charge < -0.3 is 0 Å². The highest BCUT2D eigenvalue weighted by Gasteiger charge is 2.19. The summed E-state index contributed by atoms with van der Waals surface area (Å²) in [5.41, 5.74) is 1.16. The van der Waals surface area contributed by atoms with Crippen LogP contribution in [-0.2, 0) is 15.6 Å². The molecule has 3 rings (SSSR count). The topological polar surface area (TPSA) is 103 Å². The molecule has 0 atom stereocenters. The Bertz CT molecular complexity index is 1080. The van der Waals surface area contributed by atoms with Gasteiger partial charge in [0.05, 0.1) is 15.3 Å². The van der Waals surface area contributed by atoms with E-state index in [1.165, 1.54) is 30.3 Å². The lowest BCUT2D eigenvalue weighted by molar-refractivity contribution is -0.384. The van der Waals surface area contributed by atoms with Crippen LogP contribution in [0.1, 0.15) is 11.4 Å². The van der Waals surface area contributed by atoms with E-state index in [1.54, 1.807) is 12.1 Å². The lowest BCUT2D eigenvalue weighted by Crippen LogP contribution is -2.08. The molecular formula is C16H12ClN3O4S. The molecule has 3 aromatic rings. The quantitative estimate of drug-likeness (QED) is 0.391. The Kier molecular flexibility index (Phi) is 4.40. The zero-order valence-corrected chi connectivity index (χ0v) is 14.6. The van der Waals surface area contributed by atoms with E-state index in [-0.39, 0.29) is 21.6 Å². The Morgan fingerprint density at radius 2 is 1.80 bits per heavy atom. The first-order valence-electron chi connectivity index (χ1n) is 7.16. The van der Waals surface area contributed by atoms with Crippen molar-refractivity contribution in [3.63, 3.8) is 0 Å². The van der Waals surface area contributed by atoms with Crippen LogP contribution < -0.4 is 0 Å². The van der Waals surface area contributed by atoms with Crippen LogP contribution in [0.3, 0.4) is 0 Å². The summed E-state index contributed by atoms with van der Waals surface area (Å²) in [7, 11) is -3.63. The first-order chi connectivity index (χ1) is 11.8. The molecule has 0 aliphatic rings. The summed E-state index contributed by atoms with van der Waals surface area (Å²) in [6, 6.07) is 10.4. The summed E-state index contributed by atoms with van der Waals surface area (Å²) in [5.74, 6) is -0.380. The molecule has 25 heavy (non-hydrogen) atoms. The van der Waals surface area contributed by atoms with Gasteiger partial charge in [0.1, 0.15) is 16.7 Å². The third-order valence-electron chi connectivity index (χ3n) is 3.59. The minimum atomic E-state index is -3.63. The third kappa shape index (κ3) is 3.59. The van der Waals surface area contributed by atoms with E-state index >= 15 is 0 Å². The normalized spacial score (nSPS) is 11.6. The molecule has 0 aliphatic carbocycles. The van der Waals surface area contributed by atoms with Crippen molar-refractivity contribution in [3.8, 4) is 0 Å². The summed E-state index contributed by atoms with van der Waals surface area (Å²) in [6.07, 6.45) is 0. The van der Waals surface area contributed by atoms with Gasteiger partial charge in [0.25, 0.3) is 5.69 Å². The molecule has 0 saturated carbocycles. The highest BCUT2D eigenvalue weighted by Crippen LogP contribution is 2.26. The monoisotopic (exact) mass is 377 g/mol. The predicted octanol–water partition coefficient (Wildman–Crippen LogP) is 3.47. The van der Waals surface area contributed by atoms with Gasteiger partial charge in [0.15, 0.2) is 9.84 Å². The van der Waals surface area contributed by atoms with Gasteiger partial charge in [-0.15, -0.1) is 0 Å². The SMILES string of the molecule is Cc1ccc(S(=O)(=O)Cc2nc(Cl)c3cc([N+](=O)[O-])ccc3n2)cc1. The summed E-state index contributed by atoms with van der Waals surface area (Å²) in [4.78, 5) is 18.6. The fourth-order valence-electron chi connectivity index (χ4n) is 2.30. The average molecular weight is 378 g/mol. The number of fused-ring (bicyclic) bond motifs is 1. The van der Waals surface area contributed by atoms with Gasteiger partial charge in [-0.05, 0) is 25.1 Å². The van der Waals surface area contributed by atoms with Crippen molar-refractivity contribution >= 4 is 38.0 Å². The average Bonchev–Trinajstić information content (AvgIpc) is 2.54. The Balaban J connectivity index is 2.00. The van der Waals surface area contributed by atoms with Crippen LogP contribution in [0.4, 0.5) is 5.69 Å². The number of rotatable bonds is 4. The minimum absolute atomic E-state index is 0.0252. The first kappa shape index (κ1) is 17.2. The second kappa shape index (κ2) is 6.38. The summed E-state index contributed by atoms with van der Waals surface area (Å²) < 4.78 is 25.0. The fraction of sp³-hybridized carbons (Fsp3) is 0.125. The van der Waals surface area contributed by atoms with E-state index in [4.69, 9.17) is 11.6 Å². The van der Waals surface area contributed by atoms with Crippen LogP contribution in [-0.4, -0.2) is 23.3 Å². The number of non-ortho nitro benzene ring substituents is 1. The van der Waals surface area contributed by atoms with Crippen LogP contribution in [0.25, 0.3) is 10.9 Å². The van der Waals surface area contributed by atoms with Gasteiger partial charge in [-0.2, -0.15) is 0 Å². The van der Waals surface area contributed by atoms with Crippen LogP contribution >= 0.6 is 11.6 Å². The Hall–Kier alpha value is -2.58. The second-order valence-electron chi connectivity index (χ2n) is 5.46. The number of benzene rings is 2. The highest BCUT2D eigenvalue weighted by atomic mass is 35.5. The number of aryl methyl sites for hydroxylation is 1. The van der Waals surface area contributed by atoms with Gasteiger partial charge in [-0.1, -0.05) is 29.3 Å². The number of nitrogens with zero attached hydrogens (tertiary/aromatic N) is 3. The second-order valence-corrected chi connectivity index (χ2v) is 7.81. The molecule has 9 heteroatoms. The molecule has 1 heterocycles. The molecule has 7 nitrogen and oxygen atoms in total. The van der Waals surface area contributed by atoms with Crippen LogP contribution in [0.2, 0.25) is 5.15 Å². The minimum Gasteiger partial charge on any atom is -0.258 e. The number of nitro groups is 1. The van der Waals surface area contributed by atoms with Crippen LogP contribution in [0.15, 0.2) is 47.4 Å². The van der Waals surface area contributed by atoms with Crippen molar-refractivity contribution in [2.24, 2.45) is 0 Å². The number of hydrogen-bond donors (Lipinski definition) is 0. The van der Waals surface area contributed by atoms with Gasteiger partial charge in [0.2, 0.25) is 0 Å². The molecule has 0 spiro atoms. The Labute approximate surface area is 148 Å². The molecule has 0 unspecified atom stereocenters. The maximum absolute atomic E-state index is 12.5. The molecule has 128 valence electrons. The Morgan fingerprint density at radius 3 is 2.44 bits per heavy atom. The molecule has 0 radical (unpaired) electrons. The van der Waals surface area contributed by atoms with Gasteiger partial charge in [-0.25, -0.2) is 18.4 Å². The fourth-order valence-corrected chi connectivity index (χ4v) is 3.74. The van der Waals surface area contributed by atoms with E-state index in [0.29, 0.717) is 10.9 Å². The largest absolute Gasteiger partial charge is 0.270 e. The highest BCUT2D eigenvalue weighted by molar-refractivity contribution is 7.90. The predicted molar refractivity (Wildman–Crippen MR) is 93.3 cm³/mol. The smallest absolute Gasteiger partial charge is 0.258 e. The number of aromatic nitrogens is 2. The Morgan fingerprint density at radius 1 is 1.12 bits per heavy atom.